The van der Waals surface area contributed by atoms with Crippen molar-refractivity contribution in [3.05, 3.63) is 76.8 Å². The number of methoxy groups -OCH3 is 1. The second-order valence-corrected chi connectivity index (χ2v) is 6.39. The van der Waals surface area contributed by atoms with Crippen molar-refractivity contribution in [2.24, 2.45) is 5.92 Å². The van der Waals surface area contributed by atoms with Crippen molar-refractivity contribution in [3.8, 4) is 0 Å². The molecule has 0 radical (unpaired) electrons. The molecule has 0 saturated heterocycles. The second kappa shape index (κ2) is 9.78. The highest BCUT2D eigenvalue weighted by Gasteiger charge is 2.21. The molecule has 1 unspecified atom stereocenters. The van der Waals surface area contributed by atoms with Crippen LogP contribution >= 0.6 is 11.6 Å². The zero-order chi connectivity index (χ0) is 18.9. The van der Waals surface area contributed by atoms with Crippen molar-refractivity contribution < 1.29 is 14.3 Å². The highest BCUT2D eigenvalue weighted by atomic mass is 35.5. The molecule has 0 aliphatic carbocycles. The highest BCUT2D eigenvalue weighted by Crippen LogP contribution is 2.18. The van der Waals surface area contributed by atoms with Crippen molar-refractivity contribution in [3.63, 3.8) is 0 Å². The minimum absolute atomic E-state index is 0.190. The number of halogens is 1. The van der Waals surface area contributed by atoms with Crippen LogP contribution in [0.4, 0.5) is 0 Å². The number of esters is 1. The molecule has 0 heterocycles. The standard InChI is InChI=1S/C21H22ClNO3/c1-16(21(25)26-2)14-23(15-18-10-6-7-11-19(18)22)20(24)13-12-17-8-4-3-5-9-17/h3-13,16H,14-15H2,1-2H3/b13-12+. The predicted octanol–water partition coefficient (Wildman–Crippen LogP) is 4.19. The van der Waals surface area contributed by atoms with Crippen LogP contribution in [0.3, 0.4) is 0 Å². The Morgan fingerprint density at radius 3 is 2.42 bits per heavy atom. The van der Waals surface area contributed by atoms with Crippen LogP contribution in [-0.2, 0) is 20.9 Å². The lowest BCUT2D eigenvalue weighted by atomic mass is 10.1. The van der Waals surface area contributed by atoms with Gasteiger partial charge in [-0.05, 0) is 23.3 Å². The summed E-state index contributed by atoms with van der Waals surface area (Å²) in [5.41, 5.74) is 1.76. The second-order valence-electron chi connectivity index (χ2n) is 5.98. The highest BCUT2D eigenvalue weighted by molar-refractivity contribution is 6.31. The first-order valence-electron chi connectivity index (χ1n) is 8.34. The molecule has 0 aliphatic heterocycles. The molecule has 5 heteroatoms. The Balaban J connectivity index is 2.18. The molecule has 0 bridgehead atoms. The number of rotatable bonds is 7. The SMILES string of the molecule is COC(=O)C(C)CN(Cc1ccccc1Cl)C(=O)/C=C/c1ccccc1. The van der Waals surface area contributed by atoms with E-state index < -0.39 is 5.92 Å². The van der Waals surface area contributed by atoms with Gasteiger partial charge in [0.25, 0.3) is 0 Å². The largest absolute Gasteiger partial charge is 0.469 e. The van der Waals surface area contributed by atoms with Gasteiger partial charge in [-0.15, -0.1) is 0 Å². The molecular formula is C21H22ClNO3. The average Bonchev–Trinajstić information content (AvgIpc) is 2.67. The zero-order valence-electron chi connectivity index (χ0n) is 14.9. The van der Waals surface area contributed by atoms with E-state index >= 15 is 0 Å². The Bertz CT molecular complexity index is 774. The average molecular weight is 372 g/mol. The molecule has 0 aliphatic rings. The molecule has 1 amide bonds. The van der Waals surface area contributed by atoms with Gasteiger partial charge in [0, 0.05) is 24.2 Å². The maximum atomic E-state index is 12.7. The van der Waals surface area contributed by atoms with Crippen LogP contribution in [0.2, 0.25) is 5.02 Å². The maximum Gasteiger partial charge on any atom is 0.310 e. The number of hydrogen-bond acceptors (Lipinski definition) is 3. The van der Waals surface area contributed by atoms with Gasteiger partial charge in [-0.2, -0.15) is 0 Å². The quantitative estimate of drug-likeness (QED) is 0.541. The van der Waals surface area contributed by atoms with Crippen LogP contribution in [0.1, 0.15) is 18.1 Å². The topological polar surface area (TPSA) is 46.6 Å². The van der Waals surface area contributed by atoms with E-state index in [-0.39, 0.29) is 18.4 Å². The fourth-order valence-corrected chi connectivity index (χ4v) is 2.70. The normalized spacial score (nSPS) is 12.0. The smallest absolute Gasteiger partial charge is 0.310 e. The minimum Gasteiger partial charge on any atom is -0.469 e. The van der Waals surface area contributed by atoms with Gasteiger partial charge < -0.3 is 9.64 Å². The van der Waals surface area contributed by atoms with E-state index in [0.29, 0.717) is 11.6 Å². The van der Waals surface area contributed by atoms with Gasteiger partial charge in [-0.1, -0.05) is 67.1 Å². The fourth-order valence-electron chi connectivity index (χ4n) is 2.51. The van der Waals surface area contributed by atoms with Crippen LogP contribution in [0.25, 0.3) is 6.08 Å². The first-order chi connectivity index (χ1) is 12.5. The number of hydrogen-bond donors (Lipinski definition) is 0. The Morgan fingerprint density at radius 1 is 1.12 bits per heavy atom. The number of carbonyl (C=O) groups excluding carboxylic acids is 2. The molecule has 136 valence electrons. The molecule has 0 fully saturated rings. The lowest BCUT2D eigenvalue weighted by Crippen LogP contribution is -2.36. The van der Waals surface area contributed by atoms with E-state index in [9.17, 15) is 9.59 Å². The Morgan fingerprint density at radius 2 is 1.77 bits per heavy atom. The summed E-state index contributed by atoms with van der Waals surface area (Å²) in [6, 6.07) is 16.9. The summed E-state index contributed by atoms with van der Waals surface area (Å²) in [5.74, 6) is -0.977. The molecule has 26 heavy (non-hydrogen) atoms. The number of nitrogens with zero attached hydrogens (tertiary/aromatic N) is 1. The van der Waals surface area contributed by atoms with Crippen LogP contribution < -0.4 is 0 Å². The van der Waals surface area contributed by atoms with Crippen LogP contribution in [0, 0.1) is 5.92 Å². The Hall–Kier alpha value is -2.59. The number of carbonyl (C=O) groups is 2. The summed E-state index contributed by atoms with van der Waals surface area (Å²) < 4.78 is 4.77. The third-order valence-electron chi connectivity index (χ3n) is 3.95. The van der Waals surface area contributed by atoms with Gasteiger partial charge in [-0.25, -0.2) is 0 Å². The van der Waals surface area contributed by atoms with Crippen LogP contribution in [-0.4, -0.2) is 30.4 Å². The van der Waals surface area contributed by atoms with E-state index in [2.05, 4.69) is 0 Å². The van der Waals surface area contributed by atoms with Crippen LogP contribution in [0.15, 0.2) is 60.7 Å². The maximum absolute atomic E-state index is 12.7. The van der Waals surface area contributed by atoms with Crippen molar-refractivity contribution in [2.45, 2.75) is 13.5 Å². The molecule has 2 rings (SSSR count). The van der Waals surface area contributed by atoms with Gasteiger partial charge in [0.2, 0.25) is 5.91 Å². The van der Waals surface area contributed by atoms with Gasteiger partial charge in [-0.3, -0.25) is 9.59 Å². The van der Waals surface area contributed by atoms with Crippen LogP contribution in [0.5, 0.6) is 0 Å². The summed E-state index contributed by atoms with van der Waals surface area (Å²) in [6.07, 6.45) is 3.26. The molecule has 4 nitrogen and oxygen atoms in total. The molecular weight excluding hydrogens is 350 g/mol. The molecule has 0 aromatic heterocycles. The van der Waals surface area contributed by atoms with Gasteiger partial charge in [0.1, 0.15) is 0 Å². The van der Waals surface area contributed by atoms with Crippen molar-refractivity contribution in [1.29, 1.82) is 0 Å². The summed E-state index contributed by atoms with van der Waals surface area (Å²) in [6.45, 7) is 2.30. The predicted molar refractivity (Wildman–Crippen MR) is 104 cm³/mol. The monoisotopic (exact) mass is 371 g/mol. The zero-order valence-corrected chi connectivity index (χ0v) is 15.6. The van der Waals surface area contributed by atoms with Gasteiger partial charge in [0.15, 0.2) is 0 Å². The Kier molecular flexibility index (Phi) is 7.42. The first kappa shape index (κ1) is 19.7. The minimum atomic E-state index is -0.434. The Labute approximate surface area is 159 Å². The van der Waals surface area contributed by atoms with E-state index in [1.807, 2.05) is 48.5 Å². The van der Waals surface area contributed by atoms with E-state index in [0.717, 1.165) is 11.1 Å². The first-order valence-corrected chi connectivity index (χ1v) is 8.72. The van der Waals surface area contributed by atoms with Crippen molar-refractivity contribution >= 4 is 29.6 Å². The number of ether oxygens (including phenoxy) is 1. The summed E-state index contributed by atoms with van der Waals surface area (Å²) in [4.78, 5) is 26.1. The van der Waals surface area contributed by atoms with Gasteiger partial charge in [0.05, 0.1) is 13.0 Å². The molecule has 1 atom stereocenters. The molecule has 2 aromatic carbocycles. The molecule has 0 saturated carbocycles. The lowest BCUT2D eigenvalue weighted by Gasteiger charge is -2.24. The summed E-state index contributed by atoms with van der Waals surface area (Å²) in [5, 5.41) is 0.586. The molecule has 0 N–H and O–H groups in total. The third-order valence-corrected chi connectivity index (χ3v) is 4.32. The van der Waals surface area contributed by atoms with Crippen molar-refractivity contribution in [2.75, 3.05) is 13.7 Å². The third kappa shape index (κ3) is 5.74. The number of benzene rings is 2. The van der Waals surface area contributed by atoms with Crippen molar-refractivity contribution in [1.82, 2.24) is 4.90 Å². The van der Waals surface area contributed by atoms with E-state index in [1.165, 1.54) is 13.2 Å². The summed E-state index contributed by atoms with van der Waals surface area (Å²) in [7, 11) is 1.34. The van der Waals surface area contributed by atoms with E-state index in [1.54, 1.807) is 24.0 Å². The van der Waals surface area contributed by atoms with E-state index in [4.69, 9.17) is 16.3 Å². The molecule has 2 aromatic rings. The fraction of sp³-hybridized carbons (Fsp3) is 0.238. The summed E-state index contributed by atoms with van der Waals surface area (Å²) >= 11 is 6.22. The number of amides is 1. The molecule has 0 spiro atoms. The lowest BCUT2D eigenvalue weighted by molar-refractivity contribution is -0.146. The van der Waals surface area contributed by atoms with Gasteiger partial charge >= 0.3 is 5.97 Å².